The first-order valence-electron chi connectivity index (χ1n) is 5.51. The van der Waals surface area contributed by atoms with Gasteiger partial charge in [-0.2, -0.15) is 0 Å². The molecule has 0 bridgehead atoms. The van der Waals surface area contributed by atoms with Gasteiger partial charge in [0.15, 0.2) is 0 Å². The van der Waals surface area contributed by atoms with E-state index in [1.165, 1.54) is 0 Å². The Morgan fingerprint density at radius 2 is 1.89 bits per heavy atom. The van der Waals surface area contributed by atoms with Gasteiger partial charge in [-0.1, -0.05) is 35.4 Å². The zero-order valence-electron chi connectivity index (χ0n) is 10.1. The van der Waals surface area contributed by atoms with Crippen molar-refractivity contribution in [2.24, 2.45) is 5.73 Å². The second-order valence-corrected chi connectivity index (χ2v) is 5.30. The van der Waals surface area contributed by atoms with Gasteiger partial charge in [0.1, 0.15) is 16.5 Å². The highest BCUT2D eigenvalue weighted by Gasteiger charge is 2.09. The first-order chi connectivity index (χ1) is 8.97. The van der Waals surface area contributed by atoms with E-state index in [-0.39, 0.29) is 4.99 Å². The molecule has 2 nitrogen and oxygen atoms in total. The van der Waals surface area contributed by atoms with Crippen LogP contribution >= 0.6 is 35.4 Å². The Kier molecular flexibility index (Phi) is 4.30. The summed E-state index contributed by atoms with van der Waals surface area (Å²) in [5.74, 6) is 1.24. The summed E-state index contributed by atoms with van der Waals surface area (Å²) in [6.45, 7) is 1.91. The van der Waals surface area contributed by atoms with Gasteiger partial charge in [0.2, 0.25) is 0 Å². The van der Waals surface area contributed by atoms with Crippen molar-refractivity contribution in [3.63, 3.8) is 0 Å². The van der Waals surface area contributed by atoms with E-state index in [4.69, 9.17) is 45.9 Å². The summed E-state index contributed by atoms with van der Waals surface area (Å²) in [4.78, 5) is 0.239. The van der Waals surface area contributed by atoms with E-state index in [9.17, 15) is 0 Å². The highest BCUT2D eigenvalue weighted by molar-refractivity contribution is 7.80. The lowest BCUT2D eigenvalue weighted by Crippen LogP contribution is -2.10. The molecule has 2 aromatic rings. The third kappa shape index (κ3) is 3.38. The number of hydrogen-bond donors (Lipinski definition) is 1. The number of benzene rings is 2. The van der Waals surface area contributed by atoms with Crippen LogP contribution < -0.4 is 10.5 Å². The minimum atomic E-state index is 0.239. The summed E-state index contributed by atoms with van der Waals surface area (Å²) in [6, 6.07) is 10.6. The number of nitrogens with two attached hydrogens (primary N) is 1. The fourth-order valence-electron chi connectivity index (χ4n) is 1.59. The summed E-state index contributed by atoms with van der Waals surface area (Å²) >= 11 is 16.9. The molecule has 0 aromatic heterocycles. The van der Waals surface area contributed by atoms with Crippen molar-refractivity contribution in [3.8, 4) is 11.5 Å². The summed E-state index contributed by atoms with van der Waals surface area (Å²) in [7, 11) is 0. The highest BCUT2D eigenvalue weighted by Crippen LogP contribution is 2.30. The van der Waals surface area contributed by atoms with Gasteiger partial charge in [0, 0.05) is 10.0 Å². The molecular formula is C14H11Cl2NOS. The number of thiocarbonyl (C=S) groups is 1. The first kappa shape index (κ1) is 14.1. The molecule has 2 N–H and O–H groups in total. The van der Waals surface area contributed by atoms with E-state index in [1.54, 1.807) is 30.3 Å². The SMILES string of the molecule is Cc1cc(Oc2ccc(Cl)cc2C(N)=S)ccc1Cl. The fraction of sp³-hybridized carbons (Fsp3) is 0.0714. The Labute approximate surface area is 127 Å². The van der Waals surface area contributed by atoms with E-state index in [1.807, 2.05) is 13.0 Å². The van der Waals surface area contributed by atoms with E-state index in [0.29, 0.717) is 27.1 Å². The van der Waals surface area contributed by atoms with Gasteiger partial charge >= 0.3 is 0 Å². The van der Waals surface area contributed by atoms with Crippen LogP contribution in [0.4, 0.5) is 0 Å². The molecule has 0 saturated heterocycles. The van der Waals surface area contributed by atoms with E-state index < -0.39 is 0 Å². The lowest BCUT2D eigenvalue weighted by atomic mass is 10.2. The molecule has 0 radical (unpaired) electrons. The lowest BCUT2D eigenvalue weighted by molar-refractivity contribution is 0.481. The second kappa shape index (κ2) is 5.78. The Balaban J connectivity index is 2.37. The number of halogens is 2. The van der Waals surface area contributed by atoms with Crippen molar-refractivity contribution in [3.05, 3.63) is 57.6 Å². The molecule has 0 heterocycles. The molecule has 98 valence electrons. The minimum Gasteiger partial charge on any atom is -0.457 e. The van der Waals surface area contributed by atoms with Crippen LogP contribution in [0.15, 0.2) is 36.4 Å². The lowest BCUT2D eigenvalue weighted by Gasteiger charge is -2.11. The summed E-state index contributed by atoms with van der Waals surface area (Å²) in [5, 5.41) is 1.25. The zero-order valence-corrected chi connectivity index (χ0v) is 12.4. The van der Waals surface area contributed by atoms with Gasteiger partial charge in [0.05, 0.1) is 5.56 Å². The maximum absolute atomic E-state index is 5.97. The summed E-state index contributed by atoms with van der Waals surface area (Å²) < 4.78 is 5.78. The second-order valence-electron chi connectivity index (χ2n) is 4.02. The Morgan fingerprint density at radius 3 is 2.53 bits per heavy atom. The molecular weight excluding hydrogens is 301 g/mol. The van der Waals surface area contributed by atoms with Crippen LogP contribution in [0.1, 0.15) is 11.1 Å². The number of rotatable bonds is 3. The van der Waals surface area contributed by atoms with Crippen LogP contribution in [0.2, 0.25) is 10.0 Å². The van der Waals surface area contributed by atoms with Crippen molar-refractivity contribution < 1.29 is 4.74 Å². The maximum atomic E-state index is 5.97. The van der Waals surface area contributed by atoms with Crippen molar-refractivity contribution in [2.45, 2.75) is 6.92 Å². The van der Waals surface area contributed by atoms with Crippen LogP contribution in [0.25, 0.3) is 0 Å². The molecule has 5 heteroatoms. The minimum absolute atomic E-state index is 0.239. The van der Waals surface area contributed by atoms with Crippen LogP contribution in [0.5, 0.6) is 11.5 Å². The maximum Gasteiger partial charge on any atom is 0.137 e. The van der Waals surface area contributed by atoms with Gasteiger partial charge in [-0.3, -0.25) is 0 Å². The van der Waals surface area contributed by atoms with Crippen LogP contribution in [0.3, 0.4) is 0 Å². The topological polar surface area (TPSA) is 35.2 Å². The molecule has 0 atom stereocenters. The molecule has 0 aliphatic heterocycles. The zero-order chi connectivity index (χ0) is 14.0. The molecule has 0 amide bonds. The molecule has 0 saturated carbocycles. The predicted molar refractivity (Wildman–Crippen MR) is 83.6 cm³/mol. The smallest absolute Gasteiger partial charge is 0.137 e. The highest BCUT2D eigenvalue weighted by atomic mass is 35.5. The number of ether oxygens (including phenoxy) is 1. The molecule has 0 unspecified atom stereocenters. The fourth-order valence-corrected chi connectivity index (χ4v) is 2.04. The monoisotopic (exact) mass is 311 g/mol. The Morgan fingerprint density at radius 1 is 1.16 bits per heavy atom. The summed E-state index contributed by atoms with van der Waals surface area (Å²) in [6.07, 6.45) is 0. The average Bonchev–Trinajstić information content (AvgIpc) is 2.36. The van der Waals surface area contributed by atoms with Crippen LogP contribution in [-0.4, -0.2) is 4.99 Å². The standard InChI is InChI=1S/C14H11Cl2NOS/c1-8-6-10(3-4-12(8)16)18-13-5-2-9(15)7-11(13)14(17)19/h2-7H,1H3,(H2,17,19). The van der Waals surface area contributed by atoms with Crippen LogP contribution in [-0.2, 0) is 0 Å². The first-order valence-corrected chi connectivity index (χ1v) is 6.67. The summed E-state index contributed by atoms with van der Waals surface area (Å²) in [5.41, 5.74) is 7.20. The molecule has 0 spiro atoms. The number of hydrogen-bond acceptors (Lipinski definition) is 2. The normalized spacial score (nSPS) is 10.3. The number of aryl methyl sites for hydroxylation is 1. The molecule has 0 aliphatic carbocycles. The molecule has 19 heavy (non-hydrogen) atoms. The molecule has 0 aliphatic rings. The Bertz CT molecular complexity index is 643. The molecule has 0 fully saturated rings. The molecule has 2 aromatic carbocycles. The van der Waals surface area contributed by atoms with Crippen molar-refractivity contribution >= 4 is 40.4 Å². The van der Waals surface area contributed by atoms with E-state index in [0.717, 1.165) is 5.56 Å². The van der Waals surface area contributed by atoms with Gasteiger partial charge in [-0.25, -0.2) is 0 Å². The third-order valence-corrected chi connectivity index (χ3v) is 3.44. The van der Waals surface area contributed by atoms with Crippen molar-refractivity contribution in [1.29, 1.82) is 0 Å². The van der Waals surface area contributed by atoms with Gasteiger partial charge < -0.3 is 10.5 Å². The third-order valence-electron chi connectivity index (χ3n) is 2.56. The largest absolute Gasteiger partial charge is 0.457 e. The van der Waals surface area contributed by atoms with E-state index >= 15 is 0 Å². The quantitative estimate of drug-likeness (QED) is 0.832. The molecule has 2 rings (SSSR count). The Hall–Kier alpha value is -1.29. The van der Waals surface area contributed by atoms with Crippen LogP contribution in [0, 0.1) is 6.92 Å². The predicted octanol–water partition coefficient (Wildman–Crippen LogP) is 4.73. The van der Waals surface area contributed by atoms with Gasteiger partial charge in [-0.15, -0.1) is 0 Å². The average molecular weight is 312 g/mol. The van der Waals surface area contributed by atoms with Crippen molar-refractivity contribution in [2.75, 3.05) is 0 Å². The van der Waals surface area contributed by atoms with Crippen molar-refractivity contribution in [1.82, 2.24) is 0 Å². The van der Waals surface area contributed by atoms with E-state index in [2.05, 4.69) is 0 Å². The van der Waals surface area contributed by atoms with Gasteiger partial charge in [0.25, 0.3) is 0 Å². The van der Waals surface area contributed by atoms with Gasteiger partial charge in [-0.05, 0) is 48.9 Å².